The predicted molar refractivity (Wildman–Crippen MR) is 86.7 cm³/mol. The number of carbonyl (C=O) groups excluding carboxylic acids is 2. The molecule has 0 aliphatic heterocycles. The maximum atomic E-state index is 12.6. The summed E-state index contributed by atoms with van der Waals surface area (Å²) >= 11 is 0. The first-order chi connectivity index (χ1) is 11.1. The zero-order valence-corrected chi connectivity index (χ0v) is 13.4. The maximum absolute atomic E-state index is 12.6. The van der Waals surface area contributed by atoms with Crippen LogP contribution in [0.25, 0.3) is 0 Å². The van der Waals surface area contributed by atoms with E-state index in [1.807, 2.05) is 44.2 Å². The average Bonchev–Trinajstić information content (AvgIpc) is 3.05. The van der Waals surface area contributed by atoms with Crippen LogP contribution in [0.4, 0.5) is 5.82 Å². The number of benzene rings is 1. The molecule has 1 atom stereocenters. The summed E-state index contributed by atoms with van der Waals surface area (Å²) in [6, 6.07) is 11.0. The van der Waals surface area contributed by atoms with Crippen molar-refractivity contribution in [2.75, 3.05) is 11.9 Å². The third kappa shape index (κ3) is 4.95. The summed E-state index contributed by atoms with van der Waals surface area (Å²) in [5, 5.41) is 6.24. The molecule has 0 bridgehead atoms. The number of hydrogen-bond acceptors (Lipinski definition) is 4. The van der Waals surface area contributed by atoms with Crippen LogP contribution >= 0.6 is 0 Å². The zero-order valence-electron chi connectivity index (χ0n) is 13.4. The van der Waals surface area contributed by atoms with E-state index < -0.39 is 0 Å². The highest BCUT2D eigenvalue weighted by molar-refractivity contribution is 5.94. The second-order valence-electron chi connectivity index (χ2n) is 5.37. The number of rotatable bonds is 7. The molecule has 0 saturated heterocycles. The molecule has 2 rings (SSSR count). The molecule has 6 nitrogen and oxygen atoms in total. The smallest absolute Gasteiger partial charge is 0.245 e. The Morgan fingerprint density at radius 1 is 1.26 bits per heavy atom. The average molecular weight is 315 g/mol. The molecule has 6 heteroatoms. The van der Waals surface area contributed by atoms with E-state index in [1.165, 1.54) is 6.26 Å². The minimum Gasteiger partial charge on any atom is -0.363 e. The van der Waals surface area contributed by atoms with Gasteiger partial charge in [0, 0.05) is 12.1 Å². The summed E-state index contributed by atoms with van der Waals surface area (Å²) in [7, 11) is 0. The number of nitrogens with one attached hydrogen (secondary N) is 1. The molecule has 1 unspecified atom stereocenters. The quantitative estimate of drug-likeness (QED) is 0.851. The van der Waals surface area contributed by atoms with Crippen molar-refractivity contribution in [2.45, 2.75) is 32.7 Å². The second kappa shape index (κ2) is 8.12. The van der Waals surface area contributed by atoms with Gasteiger partial charge in [-0.3, -0.25) is 9.59 Å². The van der Waals surface area contributed by atoms with Gasteiger partial charge in [-0.2, -0.15) is 0 Å². The fourth-order valence-corrected chi connectivity index (χ4v) is 2.20. The van der Waals surface area contributed by atoms with Crippen molar-refractivity contribution in [3.05, 3.63) is 48.2 Å². The maximum Gasteiger partial charge on any atom is 0.245 e. The first kappa shape index (κ1) is 16.7. The lowest BCUT2D eigenvalue weighted by Gasteiger charge is -2.28. The van der Waals surface area contributed by atoms with Crippen molar-refractivity contribution in [3.8, 4) is 0 Å². The Morgan fingerprint density at radius 2 is 2.00 bits per heavy atom. The molecule has 23 heavy (non-hydrogen) atoms. The van der Waals surface area contributed by atoms with E-state index in [1.54, 1.807) is 11.0 Å². The van der Waals surface area contributed by atoms with Gasteiger partial charge in [0.1, 0.15) is 12.8 Å². The molecule has 0 saturated carbocycles. The van der Waals surface area contributed by atoms with Gasteiger partial charge in [0.25, 0.3) is 0 Å². The molecular formula is C17H21N3O3. The third-order valence-corrected chi connectivity index (χ3v) is 3.66. The monoisotopic (exact) mass is 315 g/mol. The molecule has 0 radical (unpaired) electrons. The molecule has 1 aromatic carbocycles. The normalized spacial score (nSPS) is 11.7. The van der Waals surface area contributed by atoms with E-state index in [4.69, 9.17) is 0 Å². The fraction of sp³-hybridized carbons (Fsp3) is 0.353. The molecule has 1 aromatic heterocycles. The van der Waals surface area contributed by atoms with Gasteiger partial charge >= 0.3 is 0 Å². The van der Waals surface area contributed by atoms with Gasteiger partial charge in [-0.1, -0.05) is 42.4 Å². The Bertz CT molecular complexity index is 626. The summed E-state index contributed by atoms with van der Waals surface area (Å²) in [6.45, 7) is 3.92. The minimum absolute atomic E-state index is 0.00642. The van der Waals surface area contributed by atoms with Gasteiger partial charge in [-0.25, -0.2) is 0 Å². The van der Waals surface area contributed by atoms with Gasteiger partial charge in [0.05, 0.1) is 6.42 Å². The highest BCUT2D eigenvalue weighted by atomic mass is 16.5. The summed E-state index contributed by atoms with van der Waals surface area (Å²) in [6.07, 6.45) is 2.43. The Kier molecular flexibility index (Phi) is 5.91. The largest absolute Gasteiger partial charge is 0.363 e. The van der Waals surface area contributed by atoms with Crippen LogP contribution in [0.2, 0.25) is 0 Å². The van der Waals surface area contributed by atoms with Gasteiger partial charge < -0.3 is 14.7 Å². The lowest BCUT2D eigenvalue weighted by molar-refractivity contribution is -0.136. The van der Waals surface area contributed by atoms with Crippen LogP contribution in [-0.2, 0) is 16.0 Å². The highest BCUT2D eigenvalue weighted by Gasteiger charge is 2.22. The topological polar surface area (TPSA) is 75.4 Å². The van der Waals surface area contributed by atoms with Crippen molar-refractivity contribution in [1.29, 1.82) is 0 Å². The minimum atomic E-state index is -0.291. The van der Waals surface area contributed by atoms with Crippen LogP contribution in [0, 0.1) is 0 Å². The molecule has 0 fully saturated rings. The molecule has 2 aromatic rings. The van der Waals surface area contributed by atoms with Crippen LogP contribution in [0.1, 0.15) is 25.8 Å². The van der Waals surface area contributed by atoms with E-state index in [0.717, 1.165) is 12.0 Å². The predicted octanol–water partition coefficient (Wildman–Crippen LogP) is 2.48. The first-order valence-electron chi connectivity index (χ1n) is 7.63. The molecule has 122 valence electrons. The summed E-state index contributed by atoms with van der Waals surface area (Å²) < 4.78 is 4.67. The Balaban J connectivity index is 2.01. The number of nitrogens with zero attached hydrogens (tertiary/aromatic N) is 2. The lowest BCUT2D eigenvalue weighted by atomic mass is 10.1. The third-order valence-electron chi connectivity index (χ3n) is 3.66. The summed E-state index contributed by atoms with van der Waals surface area (Å²) in [5.74, 6) is -0.0175. The number of anilines is 1. The van der Waals surface area contributed by atoms with Crippen molar-refractivity contribution in [3.63, 3.8) is 0 Å². The number of amides is 2. The van der Waals surface area contributed by atoms with Gasteiger partial charge in [0.2, 0.25) is 11.8 Å². The van der Waals surface area contributed by atoms with Crippen molar-refractivity contribution >= 4 is 17.6 Å². The molecule has 1 N–H and O–H groups in total. The van der Waals surface area contributed by atoms with Crippen LogP contribution in [-0.4, -0.2) is 34.5 Å². The van der Waals surface area contributed by atoms with Gasteiger partial charge in [0.15, 0.2) is 5.82 Å². The SMILES string of the molecule is CCC(C)N(CC(=O)Nc1ccon1)C(=O)Cc1ccccc1. The molecule has 0 aliphatic rings. The van der Waals surface area contributed by atoms with Crippen molar-refractivity contribution in [2.24, 2.45) is 0 Å². The number of hydrogen-bond donors (Lipinski definition) is 1. The van der Waals surface area contributed by atoms with Crippen molar-refractivity contribution in [1.82, 2.24) is 10.1 Å². The zero-order chi connectivity index (χ0) is 16.7. The van der Waals surface area contributed by atoms with E-state index in [0.29, 0.717) is 5.82 Å². The van der Waals surface area contributed by atoms with Crippen LogP contribution in [0.15, 0.2) is 47.2 Å². The summed E-state index contributed by atoms with van der Waals surface area (Å²) in [5.41, 5.74) is 0.933. The first-order valence-corrected chi connectivity index (χ1v) is 7.63. The fourth-order valence-electron chi connectivity index (χ4n) is 2.20. The Hall–Kier alpha value is -2.63. The van der Waals surface area contributed by atoms with E-state index >= 15 is 0 Å². The molecule has 0 spiro atoms. The molecular weight excluding hydrogens is 294 g/mol. The highest BCUT2D eigenvalue weighted by Crippen LogP contribution is 2.10. The molecule has 0 aliphatic carbocycles. The van der Waals surface area contributed by atoms with Crippen LogP contribution in [0.5, 0.6) is 0 Å². The second-order valence-corrected chi connectivity index (χ2v) is 5.37. The standard InChI is InChI=1S/C17H21N3O3/c1-3-13(2)20(12-16(21)18-15-9-10-23-19-15)17(22)11-14-7-5-4-6-8-14/h4-10,13H,3,11-12H2,1-2H3,(H,18,19,21). The lowest BCUT2D eigenvalue weighted by Crippen LogP contribution is -2.44. The number of carbonyl (C=O) groups is 2. The van der Waals surface area contributed by atoms with Crippen LogP contribution < -0.4 is 5.32 Å². The van der Waals surface area contributed by atoms with Crippen LogP contribution in [0.3, 0.4) is 0 Å². The van der Waals surface area contributed by atoms with E-state index in [2.05, 4.69) is 15.0 Å². The van der Waals surface area contributed by atoms with E-state index in [-0.39, 0.29) is 30.8 Å². The molecule has 1 heterocycles. The Morgan fingerprint density at radius 3 is 2.61 bits per heavy atom. The van der Waals surface area contributed by atoms with Gasteiger partial charge in [-0.15, -0.1) is 0 Å². The molecule has 2 amide bonds. The Labute approximate surface area is 135 Å². The van der Waals surface area contributed by atoms with E-state index in [9.17, 15) is 9.59 Å². The summed E-state index contributed by atoms with van der Waals surface area (Å²) in [4.78, 5) is 26.3. The number of aromatic nitrogens is 1. The van der Waals surface area contributed by atoms with Gasteiger partial charge in [-0.05, 0) is 18.9 Å². The van der Waals surface area contributed by atoms with Crippen molar-refractivity contribution < 1.29 is 14.1 Å².